The van der Waals surface area contributed by atoms with Crippen molar-refractivity contribution < 1.29 is 67.6 Å². The Morgan fingerprint density at radius 3 is 1.42 bits per heavy atom. The van der Waals surface area contributed by atoms with Gasteiger partial charge in [0.2, 0.25) is 10.3 Å². The first kappa shape index (κ1) is 52.6. The second-order valence-corrected chi connectivity index (χ2v) is 17.8. The average Bonchev–Trinajstić information content (AvgIpc) is 3.85. The maximum Gasteiger partial charge on any atom is 0.271 e. The van der Waals surface area contributed by atoms with Crippen LogP contribution >= 0.6 is 23.1 Å². The van der Waals surface area contributed by atoms with Crippen molar-refractivity contribution in [3.8, 4) is 28.7 Å². The minimum absolute atomic E-state index is 0. The molecule has 6 rings (SSSR count). The number of rotatable bonds is 14. The topological polar surface area (TPSA) is 193 Å². The molecule has 0 saturated carbocycles. The molecule has 0 bridgehead atoms. The lowest BCUT2D eigenvalue weighted by Gasteiger charge is -2.21. The van der Waals surface area contributed by atoms with E-state index in [0.717, 1.165) is 34.2 Å². The van der Waals surface area contributed by atoms with Gasteiger partial charge in [0.25, 0.3) is 20.0 Å². The molecule has 0 aliphatic heterocycles. The fourth-order valence-corrected chi connectivity index (χ4v) is 9.56. The minimum atomic E-state index is -4.54. The Hall–Kier alpha value is -5.73. The van der Waals surface area contributed by atoms with Crippen molar-refractivity contribution >= 4 is 53.4 Å². The summed E-state index contributed by atoms with van der Waals surface area (Å²) in [6.45, 7) is 5.85. The van der Waals surface area contributed by atoms with Gasteiger partial charge in [-0.3, -0.25) is 0 Å². The zero-order valence-electron chi connectivity index (χ0n) is 34.5. The van der Waals surface area contributed by atoms with E-state index < -0.39 is 78.1 Å². The summed E-state index contributed by atoms with van der Waals surface area (Å²) in [5.41, 5.74) is 1.77. The van der Waals surface area contributed by atoms with Gasteiger partial charge in [-0.15, -0.1) is 0 Å². The number of benzene rings is 4. The van der Waals surface area contributed by atoms with Crippen LogP contribution in [0.15, 0.2) is 70.5 Å². The SMILES string of the molecule is C.COCN(c1nc(C)ns1)S(=O)(=O)c1cc(F)c(F)cc1F.COCN(c1nc(C)ns1)S(=O)(=O)c1cc(F)c(Oc2cc(C)cc(OC)c2)cc1F.COc1cc(C)cc(O)c1. The lowest BCUT2D eigenvalue weighted by molar-refractivity contribution is 0.209. The van der Waals surface area contributed by atoms with Gasteiger partial charge in [0.15, 0.2) is 23.2 Å². The van der Waals surface area contributed by atoms with Gasteiger partial charge >= 0.3 is 0 Å². The van der Waals surface area contributed by atoms with Gasteiger partial charge in [0, 0.05) is 73.7 Å². The summed E-state index contributed by atoms with van der Waals surface area (Å²) < 4.78 is 155. The van der Waals surface area contributed by atoms with E-state index in [4.69, 9.17) is 28.8 Å². The molecule has 2 aromatic heterocycles. The molecular formula is C39H43F5N6O10S4. The second-order valence-electron chi connectivity index (χ2n) is 12.7. The molecule has 1 N–H and O–H groups in total. The third-order valence-electron chi connectivity index (χ3n) is 7.81. The van der Waals surface area contributed by atoms with Gasteiger partial charge in [0.05, 0.1) is 14.2 Å². The average molecular weight is 979 g/mol. The summed E-state index contributed by atoms with van der Waals surface area (Å²) in [6, 6.07) is 11.6. The first-order valence-electron chi connectivity index (χ1n) is 17.6. The Kier molecular flexibility index (Phi) is 18.7. The lowest BCUT2D eigenvalue weighted by Crippen LogP contribution is -2.33. The molecule has 348 valence electrons. The van der Waals surface area contributed by atoms with Gasteiger partial charge in [-0.25, -0.2) is 57.4 Å². The van der Waals surface area contributed by atoms with Crippen molar-refractivity contribution in [3.63, 3.8) is 0 Å². The zero-order valence-corrected chi connectivity index (χ0v) is 37.8. The van der Waals surface area contributed by atoms with Gasteiger partial charge in [-0.1, -0.05) is 7.43 Å². The summed E-state index contributed by atoms with van der Waals surface area (Å²) in [4.78, 5) is 5.97. The first-order valence-corrected chi connectivity index (χ1v) is 22.0. The predicted octanol–water partition coefficient (Wildman–Crippen LogP) is 8.44. The number of hydrogen-bond donors (Lipinski definition) is 1. The molecule has 0 spiro atoms. The number of halogens is 5. The molecule has 0 aliphatic carbocycles. The molecule has 0 saturated heterocycles. The molecule has 64 heavy (non-hydrogen) atoms. The van der Waals surface area contributed by atoms with Crippen LogP contribution in [0.4, 0.5) is 32.2 Å². The van der Waals surface area contributed by atoms with E-state index in [9.17, 15) is 38.8 Å². The van der Waals surface area contributed by atoms with Crippen LogP contribution in [0.1, 0.15) is 30.2 Å². The second kappa shape index (κ2) is 22.8. The van der Waals surface area contributed by atoms with Gasteiger partial charge in [0.1, 0.15) is 69.5 Å². The lowest BCUT2D eigenvalue weighted by atomic mass is 10.2. The summed E-state index contributed by atoms with van der Waals surface area (Å²) in [5.74, 6) is -4.86. The Morgan fingerprint density at radius 1 is 0.562 bits per heavy atom. The smallest absolute Gasteiger partial charge is 0.271 e. The van der Waals surface area contributed by atoms with Crippen molar-refractivity contribution in [1.29, 1.82) is 0 Å². The zero-order chi connectivity index (χ0) is 46.8. The molecule has 0 atom stereocenters. The van der Waals surface area contributed by atoms with Crippen molar-refractivity contribution in [2.24, 2.45) is 0 Å². The normalized spacial score (nSPS) is 11.0. The number of aromatic hydroxyl groups is 1. The van der Waals surface area contributed by atoms with Crippen LogP contribution in [0.25, 0.3) is 0 Å². The molecule has 0 amide bonds. The number of anilines is 2. The summed E-state index contributed by atoms with van der Waals surface area (Å²) in [7, 11) is -3.55. The van der Waals surface area contributed by atoms with E-state index >= 15 is 0 Å². The maximum absolute atomic E-state index is 14.8. The molecule has 4 aromatic carbocycles. The van der Waals surface area contributed by atoms with E-state index in [1.165, 1.54) is 34.3 Å². The van der Waals surface area contributed by atoms with Crippen LogP contribution in [-0.4, -0.2) is 82.6 Å². The number of methoxy groups -OCH3 is 4. The highest BCUT2D eigenvalue weighted by molar-refractivity contribution is 7.93. The van der Waals surface area contributed by atoms with Gasteiger partial charge in [-0.05, 0) is 63.1 Å². The Morgan fingerprint density at radius 2 is 0.984 bits per heavy atom. The number of aromatic nitrogens is 4. The van der Waals surface area contributed by atoms with Crippen molar-refractivity contribution in [1.82, 2.24) is 18.7 Å². The fourth-order valence-electron chi connectivity index (χ4n) is 5.05. The molecule has 6 aromatic rings. The van der Waals surface area contributed by atoms with Crippen LogP contribution < -0.4 is 22.8 Å². The molecule has 0 aliphatic rings. The monoisotopic (exact) mass is 978 g/mol. The number of ether oxygens (including phenoxy) is 5. The standard InChI is InChI=1S/C19H19F2N3O5S2.C11H10F3N3O3S2.C8H10O2.CH4/c1-11-5-13(28-4)7-14(6-11)29-17-8-16(21)18(9-15(17)20)31(25,26)24(10-27-3)19-22-12(2)23-30-19;1-6-15-11(21-16-6)17(5-20-2)22(18,19)10-4-8(13)7(12)3-9(10)14;1-6-3-7(9)5-8(4-6)10-2;/h5-9H,10H2,1-4H3;3-4H,5H2,1-2H3;3-5,9H,1-2H3;1H4. The van der Waals surface area contributed by atoms with Crippen LogP contribution in [0.5, 0.6) is 28.7 Å². The summed E-state index contributed by atoms with van der Waals surface area (Å²) in [6.07, 6.45) is 0. The number of sulfonamides is 2. The van der Waals surface area contributed by atoms with Crippen molar-refractivity contribution in [3.05, 3.63) is 113 Å². The van der Waals surface area contributed by atoms with Crippen LogP contribution in [0, 0.1) is 56.8 Å². The summed E-state index contributed by atoms with van der Waals surface area (Å²) in [5, 5.41) is 8.93. The Bertz CT molecular complexity index is 2740. The van der Waals surface area contributed by atoms with Crippen molar-refractivity contribution in [2.75, 3.05) is 50.5 Å². The Labute approximate surface area is 374 Å². The van der Waals surface area contributed by atoms with Crippen LogP contribution in [0.3, 0.4) is 0 Å². The predicted molar refractivity (Wildman–Crippen MR) is 229 cm³/mol. The molecule has 16 nitrogen and oxygen atoms in total. The van der Waals surface area contributed by atoms with Crippen molar-refractivity contribution in [2.45, 2.75) is 44.9 Å². The van der Waals surface area contributed by atoms with Gasteiger partial charge in [-0.2, -0.15) is 8.75 Å². The molecule has 0 fully saturated rings. The molecular weight excluding hydrogens is 936 g/mol. The third kappa shape index (κ3) is 13.2. The van der Waals surface area contributed by atoms with Gasteiger partial charge < -0.3 is 28.8 Å². The van der Waals surface area contributed by atoms with E-state index in [1.807, 2.05) is 13.0 Å². The number of hydrogen-bond acceptors (Lipinski definition) is 16. The number of phenols is 1. The number of phenolic OH excluding ortho intramolecular Hbond substituents is 1. The van der Waals surface area contributed by atoms with E-state index in [1.54, 1.807) is 45.2 Å². The van der Waals surface area contributed by atoms with Crippen LogP contribution in [0.2, 0.25) is 0 Å². The Balaban J connectivity index is 0.000000286. The maximum atomic E-state index is 14.8. The highest BCUT2D eigenvalue weighted by Crippen LogP contribution is 2.34. The van der Waals surface area contributed by atoms with Crippen LogP contribution in [-0.2, 0) is 29.5 Å². The first-order chi connectivity index (χ1) is 29.6. The highest BCUT2D eigenvalue weighted by Gasteiger charge is 2.33. The molecule has 0 radical (unpaired) electrons. The number of nitrogens with zero attached hydrogens (tertiary/aromatic N) is 6. The van der Waals surface area contributed by atoms with E-state index in [0.29, 0.717) is 43.9 Å². The highest BCUT2D eigenvalue weighted by atomic mass is 32.2. The number of aryl methyl sites for hydroxylation is 4. The minimum Gasteiger partial charge on any atom is -0.508 e. The third-order valence-corrected chi connectivity index (χ3v) is 13.2. The largest absolute Gasteiger partial charge is 0.508 e. The van der Waals surface area contributed by atoms with E-state index in [-0.39, 0.29) is 41.3 Å². The summed E-state index contributed by atoms with van der Waals surface area (Å²) >= 11 is 1.54. The molecule has 25 heteroatoms. The molecule has 0 unspecified atom stereocenters. The quantitative estimate of drug-likeness (QED) is 0.0621. The molecule has 2 heterocycles. The fraction of sp³-hybridized carbons (Fsp3) is 0.282. The van der Waals surface area contributed by atoms with E-state index in [2.05, 4.69) is 18.7 Å².